The summed E-state index contributed by atoms with van der Waals surface area (Å²) in [7, 11) is 0. The molecule has 0 amide bonds. The molecule has 26 heteroatoms. The van der Waals surface area contributed by atoms with E-state index in [0.29, 0.717) is 48.5 Å². The minimum Gasteiger partial charge on any atom is -0.504 e. The number of phenolic OH excluding ortho intramolecular Hbond substituents is 15. The Hall–Kier alpha value is -9.59. The number of carbonyl (C=O) groups is 5. The molecule has 0 aliphatic carbocycles. The Kier molecular flexibility index (Phi) is 11.4. The number of benzene rings is 5. The van der Waals surface area contributed by atoms with Gasteiger partial charge in [0.05, 0.1) is 27.8 Å². The zero-order valence-corrected chi connectivity index (χ0v) is 32.9. The van der Waals surface area contributed by atoms with E-state index in [1.165, 1.54) is 0 Å². The lowest BCUT2D eigenvalue weighted by molar-refractivity contribution is -0.282. The van der Waals surface area contributed by atoms with Gasteiger partial charge in [0.1, 0.15) is 12.7 Å². The van der Waals surface area contributed by atoms with Crippen LogP contribution in [0.3, 0.4) is 0 Å². The van der Waals surface area contributed by atoms with E-state index in [2.05, 4.69) is 0 Å². The number of rotatable bonds is 7. The molecule has 7 rings (SSSR count). The zero-order valence-electron chi connectivity index (χ0n) is 32.9. The van der Waals surface area contributed by atoms with Crippen LogP contribution >= 0.6 is 0 Å². The van der Waals surface area contributed by atoms with Gasteiger partial charge in [0.2, 0.25) is 23.9 Å². The van der Waals surface area contributed by atoms with Crippen molar-refractivity contribution in [3.63, 3.8) is 0 Å². The highest BCUT2D eigenvalue weighted by molar-refractivity contribution is 6.08. The first-order valence-electron chi connectivity index (χ1n) is 18.5. The van der Waals surface area contributed by atoms with E-state index >= 15 is 0 Å². The van der Waals surface area contributed by atoms with Gasteiger partial charge in [-0.1, -0.05) is 0 Å². The zero-order chi connectivity index (χ0) is 49.1. The number of phenols is 15. The third-order valence-electron chi connectivity index (χ3n) is 10.0. The van der Waals surface area contributed by atoms with Crippen LogP contribution in [0.2, 0.25) is 0 Å². The third kappa shape index (κ3) is 8.12. The monoisotopic (exact) mass is 938 g/mol. The predicted octanol–water partition coefficient (Wildman–Crippen LogP) is 1.67. The van der Waals surface area contributed by atoms with Crippen LogP contribution in [0.5, 0.6) is 86.2 Å². The molecule has 5 aromatic rings. The highest BCUT2D eigenvalue weighted by Crippen LogP contribution is 2.53. The van der Waals surface area contributed by atoms with E-state index in [1.807, 2.05) is 0 Å². The van der Waals surface area contributed by atoms with Gasteiger partial charge in [0.15, 0.2) is 87.0 Å². The Bertz CT molecular complexity index is 2870. The van der Waals surface area contributed by atoms with Crippen LogP contribution in [0.1, 0.15) is 51.8 Å². The topological polar surface area (TPSA) is 444 Å². The fraction of sp³-hybridized carbons (Fsp3) is 0.146. The number of aromatic hydroxyl groups is 15. The first kappa shape index (κ1) is 45.4. The van der Waals surface area contributed by atoms with Gasteiger partial charge in [0, 0.05) is 11.1 Å². The maximum Gasteiger partial charge on any atom is 0.340 e. The Morgan fingerprint density at radius 2 is 0.776 bits per heavy atom. The third-order valence-corrected chi connectivity index (χ3v) is 10.0. The minimum atomic E-state index is -2.55. The maximum atomic E-state index is 14.4. The minimum absolute atomic E-state index is 0.410. The van der Waals surface area contributed by atoms with Crippen molar-refractivity contribution >= 4 is 29.8 Å². The highest BCUT2D eigenvalue weighted by atomic mass is 16.7. The molecule has 2 heterocycles. The van der Waals surface area contributed by atoms with Crippen LogP contribution < -0.4 is 0 Å². The van der Waals surface area contributed by atoms with Gasteiger partial charge in [-0.2, -0.15) is 0 Å². The summed E-state index contributed by atoms with van der Waals surface area (Å²) in [4.78, 5) is 69.5. The lowest BCUT2D eigenvalue weighted by atomic mass is 9.91. The summed E-state index contributed by atoms with van der Waals surface area (Å²) in [6.45, 7) is -1.24. The Morgan fingerprint density at radius 3 is 1.18 bits per heavy atom. The standard InChI is InChI=1S/C41H30O26/c42-15-1-10(2-16(43)26(15)50)36(57)62-9-23-33-34(65-40(61)14-8-22(49)30(54)32(56)25(14)24-13(39(60)64-33)7-21(48)29(53)31(24)55)35(66-37(58)11-3-17(44)27(51)18(45)4-11)41(63-23)67-38(59)12-5-19(46)28(52)20(47)6-12/h1-8,23,33-35,41-56H,9H2. The number of hydrogen-bond donors (Lipinski definition) is 15. The second kappa shape index (κ2) is 16.8. The maximum absolute atomic E-state index is 14.4. The van der Waals surface area contributed by atoms with Crippen LogP contribution in [0, 0.1) is 0 Å². The molecule has 0 radical (unpaired) electrons. The van der Waals surface area contributed by atoms with Crippen LogP contribution in [0.25, 0.3) is 11.1 Å². The normalized spacial score (nSPS) is 18.8. The second-order valence-electron chi connectivity index (χ2n) is 14.3. The molecule has 0 spiro atoms. The van der Waals surface area contributed by atoms with Gasteiger partial charge in [0.25, 0.3) is 0 Å². The molecule has 350 valence electrons. The van der Waals surface area contributed by atoms with Crippen LogP contribution in [-0.4, -0.2) is 144 Å². The van der Waals surface area contributed by atoms with Gasteiger partial charge in [-0.25, -0.2) is 24.0 Å². The Balaban J connectivity index is 1.42. The SMILES string of the molecule is O=C(OCC1OC(OC(=O)c2cc(O)c(O)c(O)c2)C(OC(=O)c2cc(O)c(O)c(O)c2)C2OC(=O)c3cc(O)c(O)c(O)c3-c3c(cc(O)c(O)c3O)C(=O)OC12)c1cc(O)c(O)c(O)c1. The molecule has 1 fully saturated rings. The quantitative estimate of drug-likeness (QED) is 0.0627. The molecule has 0 aromatic heterocycles. The average Bonchev–Trinajstić information content (AvgIpc) is 3.27. The van der Waals surface area contributed by atoms with Crippen LogP contribution in [-0.2, 0) is 28.4 Å². The van der Waals surface area contributed by atoms with Crippen molar-refractivity contribution in [3.05, 3.63) is 76.3 Å². The molecule has 5 unspecified atom stereocenters. The van der Waals surface area contributed by atoms with E-state index in [9.17, 15) is 101 Å². The van der Waals surface area contributed by atoms with E-state index in [-0.39, 0.29) is 0 Å². The molecule has 5 aromatic carbocycles. The summed E-state index contributed by atoms with van der Waals surface area (Å²) in [5.41, 5.74) is -6.54. The average molecular weight is 939 g/mol. The number of fused-ring (bicyclic) bond motifs is 4. The van der Waals surface area contributed by atoms with Crippen molar-refractivity contribution in [2.24, 2.45) is 0 Å². The molecule has 15 N–H and O–H groups in total. The fourth-order valence-electron chi connectivity index (χ4n) is 6.77. The largest absolute Gasteiger partial charge is 0.504 e. The lowest BCUT2D eigenvalue weighted by Gasteiger charge is -2.44. The van der Waals surface area contributed by atoms with Crippen LogP contribution in [0.15, 0.2) is 48.5 Å². The summed E-state index contributed by atoms with van der Waals surface area (Å²) in [6.07, 6.45) is -12.1. The number of esters is 5. The van der Waals surface area contributed by atoms with E-state index in [4.69, 9.17) is 28.4 Å². The molecule has 0 saturated carbocycles. The summed E-state index contributed by atoms with van der Waals surface area (Å²) in [5, 5.41) is 154. The fourth-order valence-corrected chi connectivity index (χ4v) is 6.77. The Morgan fingerprint density at radius 1 is 0.433 bits per heavy atom. The molecule has 67 heavy (non-hydrogen) atoms. The number of carbonyl (C=O) groups excluding carboxylic acids is 5. The van der Waals surface area contributed by atoms with E-state index in [0.717, 1.165) is 0 Å². The predicted molar refractivity (Wildman–Crippen MR) is 208 cm³/mol. The van der Waals surface area contributed by atoms with Gasteiger partial charge >= 0.3 is 29.8 Å². The van der Waals surface area contributed by atoms with E-state index in [1.54, 1.807) is 0 Å². The van der Waals surface area contributed by atoms with Crippen molar-refractivity contribution in [2.45, 2.75) is 30.7 Å². The van der Waals surface area contributed by atoms with Crippen LogP contribution in [0.4, 0.5) is 0 Å². The lowest BCUT2D eigenvalue weighted by Crippen LogP contribution is -2.63. The van der Waals surface area contributed by atoms with E-state index < -0.39 is 192 Å². The van der Waals surface area contributed by atoms with Crippen molar-refractivity contribution in [1.29, 1.82) is 0 Å². The first-order valence-corrected chi connectivity index (χ1v) is 18.5. The van der Waals surface area contributed by atoms with Crippen molar-refractivity contribution in [1.82, 2.24) is 0 Å². The molecule has 26 nitrogen and oxygen atoms in total. The summed E-state index contributed by atoms with van der Waals surface area (Å²) in [5.74, 6) is -26.1. The molecule has 2 aliphatic rings. The molecule has 0 bridgehead atoms. The van der Waals surface area contributed by atoms with Gasteiger partial charge in [-0.15, -0.1) is 0 Å². The van der Waals surface area contributed by atoms with Crippen molar-refractivity contribution in [3.8, 4) is 97.4 Å². The first-order chi connectivity index (χ1) is 31.5. The second-order valence-corrected chi connectivity index (χ2v) is 14.3. The van der Waals surface area contributed by atoms with Gasteiger partial charge in [-0.3, -0.25) is 0 Å². The van der Waals surface area contributed by atoms with Gasteiger partial charge < -0.3 is 105 Å². The molecular weight excluding hydrogens is 908 g/mol. The Labute approximate surface area is 369 Å². The summed E-state index contributed by atoms with van der Waals surface area (Å²) in [6, 6.07) is 4.30. The summed E-state index contributed by atoms with van der Waals surface area (Å²) < 4.78 is 33.4. The highest BCUT2D eigenvalue weighted by Gasteiger charge is 2.55. The summed E-state index contributed by atoms with van der Waals surface area (Å²) >= 11 is 0. The number of ether oxygens (including phenoxy) is 6. The van der Waals surface area contributed by atoms with Gasteiger partial charge in [-0.05, 0) is 48.5 Å². The number of hydrogen-bond acceptors (Lipinski definition) is 26. The molecular formula is C41H30O26. The molecule has 5 atom stereocenters. The molecule has 1 saturated heterocycles. The van der Waals surface area contributed by atoms with Crippen molar-refractivity contribution in [2.75, 3.05) is 6.61 Å². The smallest absolute Gasteiger partial charge is 0.340 e. The molecule has 2 aliphatic heterocycles. The van der Waals surface area contributed by atoms with Crippen molar-refractivity contribution < 1.29 is 129 Å².